The SMILES string of the molecule is CC1=C(c2ccccc2)P2(=S)CC1(C)C(c1ccccc1)=C2c1ccccc1. The maximum Gasteiger partial charge on any atom is 0.0206 e. The van der Waals surface area contributed by atoms with Gasteiger partial charge in [0.05, 0.1) is 0 Å². The van der Waals surface area contributed by atoms with Crippen LogP contribution >= 0.6 is 6.04 Å². The molecule has 0 N–H and O–H groups in total. The molecule has 0 spiro atoms. The molecule has 0 amide bonds. The first-order chi connectivity index (χ1) is 13.6. The van der Waals surface area contributed by atoms with Gasteiger partial charge in [-0.3, -0.25) is 0 Å². The third-order valence-electron chi connectivity index (χ3n) is 6.39. The van der Waals surface area contributed by atoms with Gasteiger partial charge in [0.1, 0.15) is 0 Å². The number of hydrogen-bond donors (Lipinski definition) is 0. The Bertz CT molecular complexity index is 1160. The van der Waals surface area contributed by atoms with E-state index in [4.69, 9.17) is 11.8 Å². The average molecular weight is 399 g/mol. The van der Waals surface area contributed by atoms with E-state index in [0.29, 0.717) is 0 Å². The molecule has 0 radical (unpaired) electrons. The number of hydrogen-bond acceptors (Lipinski definition) is 1. The van der Waals surface area contributed by atoms with Gasteiger partial charge in [-0.1, -0.05) is 115 Å². The zero-order valence-corrected chi connectivity index (χ0v) is 17.9. The van der Waals surface area contributed by atoms with Crippen LogP contribution in [0.5, 0.6) is 0 Å². The van der Waals surface area contributed by atoms with E-state index in [1.54, 1.807) is 0 Å². The summed E-state index contributed by atoms with van der Waals surface area (Å²) in [6, 6.07) is 30.7. The number of fused-ring (bicyclic) bond motifs is 2. The Morgan fingerprint density at radius 3 is 1.61 bits per heavy atom. The Balaban J connectivity index is 1.85. The van der Waals surface area contributed by atoms with Gasteiger partial charge in [0.15, 0.2) is 0 Å². The Hall–Kier alpha value is -2.21. The summed E-state index contributed by atoms with van der Waals surface area (Å²) in [5, 5.41) is 2.88. The van der Waals surface area contributed by atoms with E-state index >= 15 is 0 Å². The molecule has 5 rings (SSSR count). The first-order valence-corrected chi connectivity index (χ1v) is 12.8. The molecule has 0 aromatic heterocycles. The van der Waals surface area contributed by atoms with Crippen molar-refractivity contribution in [3.63, 3.8) is 0 Å². The molecule has 28 heavy (non-hydrogen) atoms. The van der Waals surface area contributed by atoms with Crippen LogP contribution < -0.4 is 0 Å². The topological polar surface area (TPSA) is 0 Å². The molecule has 2 heteroatoms. The Labute approximate surface area is 172 Å². The summed E-state index contributed by atoms with van der Waals surface area (Å²) in [4.78, 5) is 0. The highest BCUT2D eigenvalue weighted by molar-refractivity contribution is 8.25. The van der Waals surface area contributed by atoms with Crippen molar-refractivity contribution in [2.75, 3.05) is 6.16 Å². The van der Waals surface area contributed by atoms with Crippen molar-refractivity contribution in [3.8, 4) is 0 Å². The second kappa shape index (κ2) is 6.41. The van der Waals surface area contributed by atoms with Gasteiger partial charge < -0.3 is 0 Å². The van der Waals surface area contributed by atoms with Crippen LogP contribution in [-0.4, -0.2) is 6.16 Å². The smallest absolute Gasteiger partial charge is 0.0206 e. The van der Waals surface area contributed by atoms with Crippen LogP contribution in [0.2, 0.25) is 0 Å². The van der Waals surface area contributed by atoms with E-state index in [-0.39, 0.29) is 5.41 Å². The monoisotopic (exact) mass is 398 g/mol. The van der Waals surface area contributed by atoms with Crippen molar-refractivity contribution in [3.05, 3.63) is 113 Å². The molecule has 0 aliphatic carbocycles. The van der Waals surface area contributed by atoms with Crippen LogP contribution in [0.1, 0.15) is 30.5 Å². The van der Waals surface area contributed by atoms with E-state index in [9.17, 15) is 0 Å². The lowest BCUT2D eigenvalue weighted by molar-refractivity contribution is 0.632. The minimum absolute atomic E-state index is 0.00717. The lowest BCUT2D eigenvalue weighted by Crippen LogP contribution is -2.18. The summed E-state index contributed by atoms with van der Waals surface area (Å²) in [5.41, 5.74) is 6.87. The van der Waals surface area contributed by atoms with Gasteiger partial charge in [-0.25, -0.2) is 0 Å². The summed E-state index contributed by atoms with van der Waals surface area (Å²) >= 11 is 6.64. The van der Waals surface area contributed by atoms with Gasteiger partial charge in [-0.15, -0.1) is 0 Å². The highest BCUT2D eigenvalue weighted by Gasteiger charge is 2.56. The maximum absolute atomic E-state index is 6.64. The first kappa shape index (κ1) is 17.9. The molecule has 0 nitrogen and oxygen atoms in total. The predicted octanol–water partition coefficient (Wildman–Crippen LogP) is 7.50. The molecule has 2 unspecified atom stereocenters. The van der Waals surface area contributed by atoms with E-state index in [1.165, 1.54) is 38.5 Å². The Kier molecular flexibility index (Phi) is 4.09. The van der Waals surface area contributed by atoms with Crippen molar-refractivity contribution in [2.24, 2.45) is 5.41 Å². The number of rotatable bonds is 3. The zero-order valence-electron chi connectivity index (χ0n) is 16.2. The number of benzene rings is 3. The zero-order chi connectivity index (χ0) is 19.4. The van der Waals surface area contributed by atoms with Gasteiger partial charge in [0.25, 0.3) is 0 Å². The fraction of sp³-hybridized carbons (Fsp3) is 0.154. The highest BCUT2D eigenvalue weighted by Crippen LogP contribution is 2.85. The molecule has 2 heterocycles. The summed E-state index contributed by atoms with van der Waals surface area (Å²) in [6.45, 7) is 4.73. The van der Waals surface area contributed by atoms with Crippen LogP contribution in [0.4, 0.5) is 0 Å². The quantitative estimate of drug-likeness (QED) is 0.412. The van der Waals surface area contributed by atoms with E-state index < -0.39 is 6.04 Å². The van der Waals surface area contributed by atoms with Crippen LogP contribution in [0.3, 0.4) is 0 Å². The Morgan fingerprint density at radius 2 is 1.11 bits per heavy atom. The molecular formula is C26H23PS. The van der Waals surface area contributed by atoms with E-state index in [2.05, 4.69) is 105 Å². The van der Waals surface area contributed by atoms with Crippen LogP contribution in [0.25, 0.3) is 16.2 Å². The fourth-order valence-corrected chi connectivity index (χ4v) is 11.7. The van der Waals surface area contributed by atoms with Crippen LogP contribution in [0.15, 0.2) is 96.6 Å². The van der Waals surface area contributed by atoms with Crippen LogP contribution in [-0.2, 0) is 11.8 Å². The molecule has 3 aromatic rings. The van der Waals surface area contributed by atoms with Crippen molar-refractivity contribution in [1.82, 2.24) is 0 Å². The summed E-state index contributed by atoms with van der Waals surface area (Å²) in [5.74, 6) is 0. The number of allylic oxidation sites excluding steroid dienone is 2. The van der Waals surface area contributed by atoms with Gasteiger partial charge >= 0.3 is 0 Å². The second-order valence-corrected chi connectivity index (χ2v) is 12.6. The molecule has 2 atom stereocenters. The van der Waals surface area contributed by atoms with Gasteiger partial charge in [0.2, 0.25) is 0 Å². The molecular weight excluding hydrogens is 375 g/mol. The minimum Gasteiger partial charge on any atom is -0.0875 e. The molecule has 2 aliphatic heterocycles. The van der Waals surface area contributed by atoms with E-state index in [0.717, 1.165) is 6.16 Å². The molecule has 2 aliphatic rings. The standard InChI is InChI=1S/C26H23PS/c1-19-24(21-14-8-4-9-15-21)27(28)18-26(19,2)23(20-12-6-3-7-13-20)25(27)22-16-10-5-11-17-22/h3-17H,18H2,1-2H3. The van der Waals surface area contributed by atoms with Crippen LogP contribution in [0, 0.1) is 5.41 Å². The third-order valence-corrected chi connectivity index (χ3v) is 11.5. The maximum atomic E-state index is 6.64. The largest absolute Gasteiger partial charge is 0.0875 e. The fourth-order valence-electron chi connectivity index (χ4n) is 5.10. The molecule has 138 valence electrons. The molecule has 3 aromatic carbocycles. The van der Waals surface area contributed by atoms with Gasteiger partial charge in [-0.2, -0.15) is 0 Å². The molecule has 0 fully saturated rings. The summed E-state index contributed by atoms with van der Waals surface area (Å²) in [6.07, 6.45) is 1.07. The van der Waals surface area contributed by atoms with Crippen molar-refractivity contribution in [2.45, 2.75) is 13.8 Å². The lowest BCUT2D eigenvalue weighted by atomic mass is 9.73. The van der Waals surface area contributed by atoms with Crippen molar-refractivity contribution >= 4 is 34.0 Å². The molecule has 0 saturated carbocycles. The minimum atomic E-state index is -1.89. The molecule has 0 saturated heterocycles. The van der Waals surface area contributed by atoms with Gasteiger partial charge in [0, 0.05) is 16.8 Å². The van der Waals surface area contributed by atoms with Gasteiger partial charge in [-0.05, 0) is 40.7 Å². The normalized spacial score (nSPS) is 26.2. The second-order valence-electron chi connectivity index (χ2n) is 8.03. The summed E-state index contributed by atoms with van der Waals surface area (Å²) < 4.78 is 0. The average Bonchev–Trinajstić information content (AvgIpc) is 3.10. The van der Waals surface area contributed by atoms with Crippen molar-refractivity contribution in [1.29, 1.82) is 0 Å². The Morgan fingerprint density at radius 1 is 0.679 bits per heavy atom. The van der Waals surface area contributed by atoms with E-state index in [1.807, 2.05) is 0 Å². The van der Waals surface area contributed by atoms with Crippen molar-refractivity contribution < 1.29 is 0 Å². The third kappa shape index (κ3) is 2.40. The summed E-state index contributed by atoms with van der Waals surface area (Å²) in [7, 11) is 0. The molecule has 2 bridgehead atoms. The highest BCUT2D eigenvalue weighted by atomic mass is 32.4. The lowest BCUT2D eigenvalue weighted by Gasteiger charge is -2.32. The predicted molar refractivity (Wildman–Crippen MR) is 126 cm³/mol. The first-order valence-electron chi connectivity index (χ1n) is 9.78.